The van der Waals surface area contributed by atoms with Crippen molar-refractivity contribution in [3.8, 4) is 0 Å². The van der Waals surface area contributed by atoms with Crippen LogP contribution < -0.4 is 4.80 Å². The molecule has 1 aliphatic rings. The summed E-state index contributed by atoms with van der Waals surface area (Å²) in [6.07, 6.45) is 3.40. The zero-order valence-electron chi connectivity index (χ0n) is 11.6. The molecule has 2 amide bonds. The van der Waals surface area contributed by atoms with Gasteiger partial charge < -0.3 is 9.47 Å². The van der Waals surface area contributed by atoms with E-state index in [0.717, 1.165) is 6.42 Å². The first kappa shape index (κ1) is 14.2. The summed E-state index contributed by atoms with van der Waals surface area (Å²) < 4.78 is 1.81. The van der Waals surface area contributed by atoms with E-state index in [9.17, 15) is 9.59 Å². The Kier molecular flexibility index (Phi) is 4.03. The van der Waals surface area contributed by atoms with Gasteiger partial charge in [0.25, 0.3) is 11.8 Å². The Morgan fingerprint density at radius 3 is 2.86 bits per heavy atom. The van der Waals surface area contributed by atoms with Crippen molar-refractivity contribution >= 4 is 34.5 Å². The summed E-state index contributed by atoms with van der Waals surface area (Å²) in [7, 11) is 1.85. The van der Waals surface area contributed by atoms with Crippen LogP contribution in [0.15, 0.2) is 34.1 Å². The fourth-order valence-corrected chi connectivity index (χ4v) is 3.83. The number of hydrogen-bond donors (Lipinski definition) is 0. The quantitative estimate of drug-likeness (QED) is 0.848. The first-order chi connectivity index (χ1) is 10.2. The molecule has 0 spiro atoms. The standard InChI is InChI=1S/C14H15N3O2S2/c1-16-7-9-21-14(16)15-12(18)10-4-2-6-17(10)13(19)11-5-3-8-20-11/h3,5,7-10H,2,4,6H2,1H3. The number of carbonyl (C=O) groups excluding carboxylic acids is 2. The van der Waals surface area contributed by atoms with E-state index in [2.05, 4.69) is 4.99 Å². The minimum atomic E-state index is -0.429. The van der Waals surface area contributed by atoms with Crippen molar-refractivity contribution in [2.24, 2.45) is 12.0 Å². The molecule has 1 atom stereocenters. The van der Waals surface area contributed by atoms with Crippen molar-refractivity contribution in [2.75, 3.05) is 6.54 Å². The predicted octanol–water partition coefficient (Wildman–Crippen LogP) is 1.88. The van der Waals surface area contributed by atoms with E-state index in [1.54, 1.807) is 11.0 Å². The Balaban J connectivity index is 1.83. The number of aromatic nitrogens is 1. The van der Waals surface area contributed by atoms with Gasteiger partial charge in [0.05, 0.1) is 4.88 Å². The molecule has 5 nitrogen and oxygen atoms in total. The molecule has 1 aliphatic heterocycles. The molecule has 2 aromatic heterocycles. The average molecular weight is 321 g/mol. The Morgan fingerprint density at radius 2 is 2.19 bits per heavy atom. The summed E-state index contributed by atoms with van der Waals surface area (Å²) in [5.41, 5.74) is 0. The second-order valence-electron chi connectivity index (χ2n) is 4.88. The molecular weight excluding hydrogens is 306 g/mol. The van der Waals surface area contributed by atoms with E-state index in [-0.39, 0.29) is 11.8 Å². The monoisotopic (exact) mass is 321 g/mol. The van der Waals surface area contributed by atoms with Gasteiger partial charge in [-0.15, -0.1) is 22.7 Å². The van der Waals surface area contributed by atoms with E-state index >= 15 is 0 Å². The number of nitrogens with zero attached hydrogens (tertiary/aromatic N) is 3. The molecule has 0 aromatic carbocycles. The Morgan fingerprint density at radius 1 is 1.33 bits per heavy atom. The van der Waals surface area contributed by atoms with Crippen LogP contribution in [0.25, 0.3) is 0 Å². The number of carbonyl (C=O) groups is 2. The number of thiophene rings is 1. The number of hydrogen-bond acceptors (Lipinski definition) is 4. The first-order valence-corrected chi connectivity index (χ1v) is 8.46. The lowest BCUT2D eigenvalue weighted by molar-refractivity contribution is -0.121. The van der Waals surface area contributed by atoms with E-state index in [4.69, 9.17) is 0 Å². The van der Waals surface area contributed by atoms with Gasteiger partial charge in [-0.1, -0.05) is 6.07 Å². The van der Waals surface area contributed by atoms with Crippen LogP contribution in [0.1, 0.15) is 22.5 Å². The van der Waals surface area contributed by atoms with Crippen molar-refractivity contribution in [3.05, 3.63) is 38.8 Å². The summed E-state index contributed by atoms with van der Waals surface area (Å²) in [4.78, 5) is 32.0. The van der Waals surface area contributed by atoms with Gasteiger partial charge in [0, 0.05) is 25.2 Å². The SMILES string of the molecule is Cn1ccsc1=NC(=O)C1CCCN1C(=O)c1cccs1. The van der Waals surface area contributed by atoms with E-state index in [1.807, 2.05) is 34.6 Å². The molecule has 1 saturated heterocycles. The number of rotatable bonds is 2. The number of thiazole rings is 1. The highest BCUT2D eigenvalue weighted by Gasteiger charge is 2.34. The van der Waals surface area contributed by atoms with Crippen molar-refractivity contribution in [1.82, 2.24) is 9.47 Å². The number of aryl methyl sites for hydroxylation is 1. The number of likely N-dealkylation sites (tertiary alicyclic amines) is 1. The molecule has 0 bridgehead atoms. The van der Waals surface area contributed by atoms with E-state index in [1.165, 1.54) is 22.7 Å². The normalized spacial score (nSPS) is 19.2. The number of amides is 2. The molecule has 2 aromatic rings. The van der Waals surface area contributed by atoms with Gasteiger partial charge in [-0.2, -0.15) is 4.99 Å². The van der Waals surface area contributed by atoms with Crippen molar-refractivity contribution < 1.29 is 9.59 Å². The molecule has 0 N–H and O–H groups in total. The van der Waals surface area contributed by atoms with Crippen LogP contribution in [-0.4, -0.2) is 33.9 Å². The summed E-state index contributed by atoms with van der Waals surface area (Å²) in [6, 6.07) is 3.21. The van der Waals surface area contributed by atoms with Gasteiger partial charge in [0.1, 0.15) is 6.04 Å². The highest BCUT2D eigenvalue weighted by Crippen LogP contribution is 2.22. The van der Waals surface area contributed by atoms with Crippen LogP contribution in [0.4, 0.5) is 0 Å². The van der Waals surface area contributed by atoms with Crippen molar-refractivity contribution in [3.63, 3.8) is 0 Å². The van der Waals surface area contributed by atoms with Gasteiger partial charge >= 0.3 is 0 Å². The molecule has 21 heavy (non-hydrogen) atoms. The molecule has 3 heterocycles. The van der Waals surface area contributed by atoms with E-state index in [0.29, 0.717) is 22.6 Å². The second kappa shape index (κ2) is 5.95. The summed E-state index contributed by atoms with van der Waals surface area (Å²) in [5, 5.41) is 3.76. The molecule has 0 aliphatic carbocycles. The second-order valence-corrected chi connectivity index (χ2v) is 6.70. The largest absolute Gasteiger partial charge is 0.327 e. The molecule has 1 fully saturated rings. The lowest BCUT2D eigenvalue weighted by Crippen LogP contribution is -2.40. The van der Waals surface area contributed by atoms with Crippen LogP contribution in [0, 0.1) is 0 Å². The summed E-state index contributed by atoms with van der Waals surface area (Å²) in [6.45, 7) is 0.624. The molecule has 0 radical (unpaired) electrons. The smallest absolute Gasteiger partial charge is 0.271 e. The fraction of sp³-hybridized carbons (Fsp3) is 0.357. The van der Waals surface area contributed by atoms with Crippen LogP contribution >= 0.6 is 22.7 Å². The lowest BCUT2D eigenvalue weighted by atomic mass is 10.2. The molecule has 1 unspecified atom stereocenters. The van der Waals surface area contributed by atoms with Gasteiger partial charge in [-0.05, 0) is 24.3 Å². The zero-order valence-corrected chi connectivity index (χ0v) is 13.2. The van der Waals surface area contributed by atoms with Gasteiger partial charge in [0.15, 0.2) is 4.80 Å². The lowest BCUT2D eigenvalue weighted by Gasteiger charge is -2.21. The predicted molar refractivity (Wildman–Crippen MR) is 82.2 cm³/mol. The third-order valence-electron chi connectivity index (χ3n) is 3.50. The zero-order chi connectivity index (χ0) is 14.8. The topological polar surface area (TPSA) is 54.7 Å². The highest BCUT2D eigenvalue weighted by atomic mass is 32.1. The highest BCUT2D eigenvalue weighted by molar-refractivity contribution is 7.12. The molecule has 0 saturated carbocycles. The third kappa shape index (κ3) is 2.84. The van der Waals surface area contributed by atoms with Crippen molar-refractivity contribution in [2.45, 2.75) is 18.9 Å². The maximum absolute atomic E-state index is 12.4. The minimum absolute atomic E-state index is 0.0633. The van der Waals surface area contributed by atoms with Gasteiger partial charge in [0.2, 0.25) is 0 Å². The molecule has 110 valence electrons. The Hall–Kier alpha value is -1.73. The Bertz CT molecular complexity index is 715. The van der Waals surface area contributed by atoms with Crippen LogP contribution in [0.5, 0.6) is 0 Å². The minimum Gasteiger partial charge on any atom is -0.327 e. The van der Waals surface area contributed by atoms with Crippen LogP contribution in [0.2, 0.25) is 0 Å². The Labute approximate surface area is 130 Å². The fourth-order valence-electron chi connectivity index (χ4n) is 2.41. The molecule has 3 rings (SSSR count). The van der Waals surface area contributed by atoms with Crippen molar-refractivity contribution in [1.29, 1.82) is 0 Å². The summed E-state index contributed by atoms with van der Waals surface area (Å²) >= 11 is 2.82. The maximum Gasteiger partial charge on any atom is 0.271 e. The van der Waals surface area contributed by atoms with E-state index < -0.39 is 6.04 Å². The van der Waals surface area contributed by atoms with Gasteiger partial charge in [-0.25, -0.2) is 0 Å². The first-order valence-electron chi connectivity index (χ1n) is 6.70. The summed E-state index contributed by atoms with van der Waals surface area (Å²) in [5.74, 6) is -0.290. The van der Waals surface area contributed by atoms with Crippen LogP contribution in [-0.2, 0) is 11.8 Å². The third-order valence-corrected chi connectivity index (χ3v) is 5.20. The maximum atomic E-state index is 12.4. The van der Waals surface area contributed by atoms with Crippen LogP contribution in [0.3, 0.4) is 0 Å². The molecule has 7 heteroatoms. The molecular formula is C14H15N3O2S2. The average Bonchev–Trinajstić information content (AvgIpc) is 3.19. The van der Waals surface area contributed by atoms with Gasteiger partial charge in [-0.3, -0.25) is 9.59 Å².